The second-order valence-corrected chi connectivity index (χ2v) is 5.95. The van der Waals surface area contributed by atoms with Crippen molar-refractivity contribution >= 4 is 22.1 Å². The largest absolute Gasteiger partial charge is 0.396 e. The Morgan fingerprint density at radius 1 is 1.58 bits per heavy atom. The fraction of sp³-hybridized carbons (Fsp3) is 0.615. The lowest BCUT2D eigenvalue weighted by Gasteiger charge is -2.17. The van der Waals surface area contributed by atoms with Gasteiger partial charge >= 0.3 is 0 Å². The van der Waals surface area contributed by atoms with Crippen molar-refractivity contribution in [3.05, 3.63) is 17.3 Å². The van der Waals surface area contributed by atoms with Gasteiger partial charge in [0.15, 0.2) is 10.8 Å². The molecule has 0 radical (unpaired) electrons. The standard InChI is InChI=1S/C13H20N4OS/c1-14-8-11-12(15-13-17(11)5-7-19-13)16-4-2-10(9-16)3-6-18/h5,7,10,14,18H,2-4,6,8-9H2,1H3. The number of thiazole rings is 1. The van der Waals surface area contributed by atoms with Crippen molar-refractivity contribution in [1.82, 2.24) is 14.7 Å². The topological polar surface area (TPSA) is 52.8 Å². The lowest BCUT2D eigenvalue weighted by molar-refractivity contribution is 0.263. The number of imidazole rings is 1. The molecule has 3 heterocycles. The van der Waals surface area contributed by atoms with Crippen LogP contribution in [-0.2, 0) is 6.54 Å². The summed E-state index contributed by atoms with van der Waals surface area (Å²) in [6.07, 6.45) is 4.15. The normalized spacial score (nSPS) is 19.7. The van der Waals surface area contributed by atoms with Gasteiger partial charge in [0.1, 0.15) is 0 Å². The van der Waals surface area contributed by atoms with Crippen LogP contribution >= 0.6 is 11.3 Å². The molecule has 1 fully saturated rings. The average Bonchev–Trinajstić information content (AvgIpc) is 3.06. The number of hydrogen-bond donors (Lipinski definition) is 2. The van der Waals surface area contributed by atoms with Gasteiger partial charge in [-0.3, -0.25) is 4.40 Å². The number of nitrogens with zero attached hydrogens (tertiary/aromatic N) is 3. The maximum absolute atomic E-state index is 9.06. The second-order valence-electron chi connectivity index (χ2n) is 5.08. The Labute approximate surface area is 116 Å². The second kappa shape index (κ2) is 5.48. The maximum atomic E-state index is 9.06. The van der Waals surface area contributed by atoms with Crippen LogP contribution in [0.1, 0.15) is 18.5 Å². The first-order valence-electron chi connectivity index (χ1n) is 6.78. The summed E-state index contributed by atoms with van der Waals surface area (Å²) >= 11 is 1.68. The van der Waals surface area contributed by atoms with Gasteiger partial charge in [-0.15, -0.1) is 11.3 Å². The van der Waals surface area contributed by atoms with E-state index in [2.05, 4.69) is 26.2 Å². The van der Waals surface area contributed by atoms with E-state index in [0.717, 1.165) is 43.3 Å². The lowest BCUT2D eigenvalue weighted by Crippen LogP contribution is -2.23. The van der Waals surface area contributed by atoms with Crippen LogP contribution in [0.25, 0.3) is 4.96 Å². The third-order valence-corrected chi connectivity index (χ3v) is 4.56. The van der Waals surface area contributed by atoms with Crippen molar-refractivity contribution in [3.8, 4) is 0 Å². The molecule has 0 spiro atoms. The van der Waals surface area contributed by atoms with Gasteiger partial charge in [0.25, 0.3) is 0 Å². The van der Waals surface area contributed by atoms with E-state index in [4.69, 9.17) is 10.1 Å². The molecule has 3 rings (SSSR count). The molecule has 2 N–H and O–H groups in total. The SMILES string of the molecule is CNCc1c(N2CCC(CCO)C2)nc2sccn12. The van der Waals surface area contributed by atoms with Gasteiger partial charge in [0.05, 0.1) is 5.69 Å². The highest BCUT2D eigenvalue weighted by Gasteiger charge is 2.26. The molecule has 5 nitrogen and oxygen atoms in total. The predicted molar refractivity (Wildman–Crippen MR) is 77.9 cm³/mol. The van der Waals surface area contributed by atoms with Crippen molar-refractivity contribution in [2.45, 2.75) is 19.4 Å². The van der Waals surface area contributed by atoms with Gasteiger partial charge in [-0.1, -0.05) is 0 Å². The lowest BCUT2D eigenvalue weighted by atomic mass is 10.1. The number of fused-ring (bicyclic) bond motifs is 1. The summed E-state index contributed by atoms with van der Waals surface area (Å²) in [4.78, 5) is 8.20. The van der Waals surface area contributed by atoms with Crippen LogP contribution in [-0.4, -0.2) is 41.2 Å². The van der Waals surface area contributed by atoms with E-state index >= 15 is 0 Å². The Bertz CT molecular complexity index is 550. The fourth-order valence-electron chi connectivity index (χ4n) is 2.85. The molecule has 104 valence electrons. The van der Waals surface area contributed by atoms with Gasteiger partial charge in [0, 0.05) is 37.8 Å². The van der Waals surface area contributed by atoms with E-state index in [1.165, 1.54) is 5.69 Å². The first-order chi connectivity index (χ1) is 9.33. The number of nitrogens with one attached hydrogen (secondary N) is 1. The molecule has 1 aliphatic heterocycles. The highest BCUT2D eigenvalue weighted by Crippen LogP contribution is 2.30. The minimum Gasteiger partial charge on any atom is -0.396 e. The predicted octanol–water partition coefficient (Wildman–Crippen LogP) is 1.32. The third kappa shape index (κ3) is 2.35. The van der Waals surface area contributed by atoms with Gasteiger partial charge in [0.2, 0.25) is 0 Å². The summed E-state index contributed by atoms with van der Waals surface area (Å²) in [7, 11) is 1.97. The molecule has 0 amide bonds. The van der Waals surface area contributed by atoms with Crippen LogP contribution in [0.2, 0.25) is 0 Å². The highest BCUT2D eigenvalue weighted by molar-refractivity contribution is 7.15. The van der Waals surface area contributed by atoms with E-state index in [1.54, 1.807) is 11.3 Å². The molecular weight excluding hydrogens is 260 g/mol. The van der Waals surface area contributed by atoms with E-state index in [-0.39, 0.29) is 0 Å². The molecule has 2 aromatic heterocycles. The molecule has 0 aliphatic carbocycles. The van der Waals surface area contributed by atoms with Gasteiger partial charge < -0.3 is 15.3 Å². The van der Waals surface area contributed by atoms with Crippen LogP contribution in [0.3, 0.4) is 0 Å². The Morgan fingerprint density at radius 2 is 2.47 bits per heavy atom. The third-order valence-electron chi connectivity index (χ3n) is 3.81. The Morgan fingerprint density at radius 3 is 3.26 bits per heavy atom. The van der Waals surface area contributed by atoms with Crippen LogP contribution in [0.15, 0.2) is 11.6 Å². The number of hydrogen-bond acceptors (Lipinski definition) is 5. The summed E-state index contributed by atoms with van der Waals surface area (Å²) in [5.74, 6) is 1.72. The van der Waals surface area contributed by atoms with Gasteiger partial charge in [-0.2, -0.15) is 0 Å². The first-order valence-corrected chi connectivity index (χ1v) is 7.66. The Hall–Kier alpha value is -1.11. The Kier molecular flexibility index (Phi) is 3.72. The minimum atomic E-state index is 0.292. The summed E-state index contributed by atoms with van der Waals surface area (Å²) in [6.45, 7) is 3.18. The van der Waals surface area contributed by atoms with Crippen molar-refractivity contribution < 1.29 is 5.11 Å². The van der Waals surface area contributed by atoms with Crippen LogP contribution in [0, 0.1) is 5.92 Å². The molecule has 1 atom stereocenters. The maximum Gasteiger partial charge on any atom is 0.195 e. The molecule has 0 aromatic carbocycles. The molecule has 1 aliphatic rings. The summed E-state index contributed by atoms with van der Waals surface area (Å²) in [5, 5.41) is 14.4. The highest BCUT2D eigenvalue weighted by atomic mass is 32.1. The number of aromatic nitrogens is 2. The molecule has 2 aromatic rings. The average molecular weight is 280 g/mol. The van der Waals surface area contributed by atoms with E-state index in [0.29, 0.717) is 12.5 Å². The zero-order valence-electron chi connectivity index (χ0n) is 11.2. The molecular formula is C13H20N4OS. The zero-order chi connectivity index (χ0) is 13.2. The smallest absolute Gasteiger partial charge is 0.195 e. The summed E-state index contributed by atoms with van der Waals surface area (Å²) in [5.41, 5.74) is 1.24. The quantitative estimate of drug-likeness (QED) is 0.867. The molecule has 1 unspecified atom stereocenters. The summed E-state index contributed by atoms with van der Waals surface area (Å²) in [6, 6.07) is 0. The number of rotatable bonds is 5. The van der Waals surface area contributed by atoms with Crippen molar-refractivity contribution in [3.63, 3.8) is 0 Å². The van der Waals surface area contributed by atoms with Crippen LogP contribution in [0.5, 0.6) is 0 Å². The monoisotopic (exact) mass is 280 g/mol. The van der Waals surface area contributed by atoms with Crippen LogP contribution < -0.4 is 10.2 Å². The number of aliphatic hydroxyl groups excluding tert-OH is 1. The molecule has 6 heteroatoms. The van der Waals surface area contributed by atoms with Gasteiger partial charge in [-0.25, -0.2) is 4.98 Å². The van der Waals surface area contributed by atoms with Crippen LogP contribution in [0.4, 0.5) is 5.82 Å². The number of anilines is 1. The fourth-order valence-corrected chi connectivity index (χ4v) is 3.58. The minimum absolute atomic E-state index is 0.292. The van der Waals surface area contributed by atoms with Crippen molar-refractivity contribution in [2.24, 2.45) is 5.92 Å². The molecule has 1 saturated heterocycles. The van der Waals surface area contributed by atoms with E-state index in [1.807, 2.05) is 7.05 Å². The van der Waals surface area contributed by atoms with E-state index in [9.17, 15) is 0 Å². The van der Waals surface area contributed by atoms with E-state index < -0.39 is 0 Å². The van der Waals surface area contributed by atoms with Crippen molar-refractivity contribution in [2.75, 3.05) is 31.6 Å². The zero-order valence-corrected chi connectivity index (χ0v) is 12.0. The number of aliphatic hydroxyl groups is 1. The summed E-state index contributed by atoms with van der Waals surface area (Å²) < 4.78 is 2.18. The molecule has 0 bridgehead atoms. The Balaban J connectivity index is 1.87. The first kappa shape index (κ1) is 12.9. The van der Waals surface area contributed by atoms with Crippen molar-refractivity contribution in [1.29, 1.82) is 0 Å². The molecule has 19 heavy (non-hydrogen) atoms. The van der Waals surface area contributed by atoms with Gasteiger partial charge in [-0.05, 0) is 25.8 Å². The molecule has 0 saturated carbocycles.